The number of ketones is 1. The lowest BCUT2D eigenvalue weighted by atomic mass is 9.94. The Morgan fingerprint density at radius 3 is 2.56 bits per heavy atom. The van der Waals surface area contributed by atoms with Gasteiger partial charge in [0.05, 0.1) is 5.69 Å². The molecule has 0 aromatic heterocycles. The summed E-state index contributed by atoms with van der Waals surface area (Å²) in [6.45, 7) is 2.44. The molecule has 0 saturated heterocycles. The maximum atomic E-state index is 12.6. The van der Waals surface area contributed by atoms with Gasteiger partial charge in [-0.15, -0.1) is 12.4 Å². The molecule has 27 heavy (non-hydrogen) atoms. The summed E-state index contributed by atoms with van der Waals surface area (Å²) in [5.74, 6) is 0.431. The van der Waals surface area contributed by atoms with Crippen molar-refractivity contribution in [2.45, 2.75) is 38.6 Å². The van der Waals surface area contributed by atoms with E-state index in [2.05, 4.69) is 17.4 Å². The second-order valence-corrected chi connectivity index (χ2v) is 7.13. The molecule has 5 heteroatoms. The number of hydrogen-bond donors (Lipinski definition) is 1. The molecular weight excluding hydrogens is 360 g/mol. The molecule has 4 rings (SSSR count). The zero-order chi connectivity index (χ0) is 17.9. The van der Waals surface area contributed by atoms with Gasteiger partial charge in [-0.05, 0) is 54.6 Å². The monoisotopic (exact) mass is 384 g/mol. The third-order valence-electron chi connectivity index (χ3n) is 5.30. The quantitative estimate of drug-likeness (QED) is 0.585. The third-order valence-corrected chi connectivity index (χ3v) is 5.30. The first-order valence-electron chi connectivity index (χ1n) is 9.46. The van der Waals surface area contributed by atoms with Crippen molar-refractivity contribution in [3.05, 3.63) is 64.7 Å². The van der Waals surface area contributed by atoms with Crippen LogP contribution >= 0.6 is 12.4 Å². The lowest BCUT2D eigenvalue weighted by Crippen LogP contribution is -2.32. The molecule has 0 radical (unpaired) electrons. The number of rotatable bonds is 7. The lowest BCUT2D eigenvalue weighted by molar-refractivity contribution is -0.118. The first-order valence-corrected chi connectivity index (χ1v) is 9.46. The summed E-state index contributed by atoms with van der Waals surface area (Å²) in [5, 5.41) is 3.40. The van der Waals surface area contributed by atoms with E-state index in [1.807, 2.05) is 35.2 Å². The molecule has 0 fully saturated rings. The minimum Gasteiger partial charge on any atom is -0.313 e. The summed E-state index contributed by atoms with van der Waals surface area (Å²) in [5.41, 5.74) is 5.50. The summed E-state index contributed by atoms with van der Waals surface area (Å²) in [6, 6.07) is 14.3. The van der Waals surface area contributed by atoms with Gasteiger partial charge in [-0.25, -0.2) is 0 Å². The molecule has 0 saturated carbocycles. The Labute approximate surface area is 166 Å². The molecule has 2 heterocycles. The van der Waals surface area contributed by atoms with Gasteiger partial charge in [0.25, 0.3) is 0 Å². The number of nitrogens with zero attached hydrogens (tertiary/aromatic N) is 1. The molecule has 0 aliphatic carbocycles. The highest BCUT2D eigenvalue weighted by molar-refractivity contribution is 6.02. The van der Waals surface area contributed by atoms with Crippen LogP contribution in [0.3, 0.4) is 0 Å². The molecule has 2 aromatic carbocycles. The summed E-state index contributed by atoms with van der Waals surface area (Å²) in [7, 11) is 0. The highest BCUT2D eigenvalue weighted by Gasteiger charge is 2.31. The maximum absolute atomic E-state index is 12.6. The van der Waals surface area contributed by atoms with E-state index >= 15 is 0 Å². The van der Waals surface area contributed by atoms with Crippen molar-refractivity contribution in [1.82, 2.24) is 5.32 Å². The molecule has 1 N–H and O–H groups in total. The topological polar surface area (TPSA) is 49.4 Å². The van der Waals surface area contributed by atoms with Gasteiger partial charge >= 0.3 is 0 Å². The Kier molecular flexibility index (Phi) is 6.30. The number of halogens is 1. The fraction of sp³-hybridized carbons (Fsp3) is 0.364. The minimum atomic E-state index is 0. The molecule has 2 aliphatic heterocycles. The summed E-state index contributed by atoms with van der Waals surface area (Å²) < 4.78 is 0. The van der Waals surface area contributed by atoms with Crippen LogP contribution in [0, 0.1) is 0 Å². The Morgan fingerprint density at radius 1 is 1.04 bits per heavy atom. The van der Waals surface area contributed by atoms with Crippen LogP contribution in [0.5, 0.6) is 0 Å². The highest BCUT2D eigenvalue weighted by Crippen LogP contribution is 2.37. The standard InChI is InChI=1S/C22H24N2O2.ClH/c25-20(7-4-11-23-15-16-5-2-1-3-6-16)19-13-17-8-9-21(26)24-12-10-18(14-19)22(17)24;/h1-3,5-6,13-14,23H,4,7-12,15H2;1H. The van der Waals surface area contributed by atoms with E-state index in [9.17, 15) is 9.59 Å². The van der Waals surface area contributed by atoms with Crippen molar-refractivity contribution in [1.29, 1.82) is 0 Å². The van der Waals surface area contributed by atoms with Gasteiger partial charge in [-0.2, -0.15) is 0 Å². The molecule has 1 amide bonds. The number of anilines is 1. The van der Waals surface area contributed by atoms with E-state index in [4.69, 9.17) is 0 Å². The van der Waals surface area contributed by atoms with E-state index in [0.29, 0.717) is 12.8 Å². The van der Waals surface area contributed by atoms with Crippen LogP contribution in [0.1, 0.15) is 46.3 Å². The van der Waals surface area contributed by atoms with Crippen LogP contribution in [0.25, 0.3) is 0 Å². The summed E-state index contributed by atoms with van der Waals surface area (Å²) in [6.07, 6.45) is 3.59. The van der Waals surface area contributed by atoms with Gasteiger partial charge in [0.1, 0.15) is 0 Å². The lowest BCUT2D eigenvalue weighted by Gasteiger charge is -2.25. The van der Waals surface area contributed by atoms with Crippen molar-refractivity contribution < 1.29 is 9.59 Å². The smallest absolute Gasteiger partial charge is 0.227 e. The van der Waals surface area contributed by atoms with Gasteiger partial charge in [0, 0.05) is 31.5 Å². The van der Waals surface area contributed by atoms with Crippen LogP contribution in [-0.2, 0) is 24.2 Å². The molecule has 0 unspecified atom stereocenters. The molecule has 0 atom stereocenters. The Balaban J connectivity index is 0.00000210. The second kappa shape index (κ2) is 8.68. The van der Waals surface area contributed by atoms with Gasteiger partial charge < -0.3 is 10.2 Å². The van der Waals surface area contributed by atoms with Crippen LogP contribution < -0.4 is 10.2 Å². The SMILES string of the molecule is Cl.O=C(CCCNCc1ccccc1)c1cc2c3c(c1)CCN3C(=O)CC2. The number of carbonyl (C=O) groups excluding carboxylic acids is 2. The zero-order valence-electron chi connectivity index (χ0n) is 15.4. The van der Waals surface area contributed by atoms with Crippen LogP contribution in [0.2, 0.25) is 0 Å². The van der Waals surface area contributed by atoms with Gasteiger partial charge in [-0.1, -0.05) is 30.3 Å². The minimum absolute atomic E-state index is 0. The molecule has 2 aromatic rings. The number of aryl methyl sites for hydroxylation is 1. The largest absolute Gasteiger partial charge is 0.313 e. The molecule has 0 bridgehead atoms. The first-order chi connectivity index (χ1) is 12.7. The van der Waals surface area contributed by atoms with E-state index in [1.165, 1.54) is 16.7 Å². The number of benzene rings is 2. The van der Waals surface area contributed by atoms with Gasteiger partial charge in [0.2, 0.25) is 5.91 Å². The number of carbonyl (C=O) groups is 2. The molecular formula is C22H25ClN2O2. The van der Waals surface area contributed by atoms with Crippen molar-refractivity contribution in [3.8, 4) is 0 Å². The predicted molar refractivity (Wildman–Crippen MR) is 110 cm³/mol. The van der Waals surface area contributed by atoms with Gasteiger partial charge in [0.15, 0.2) is 5.78 Å². The Morgan fingerprint density at radius 2 is 1.78 bits per heavy atom. The number of nitrogens with one attached hydrogen (secondary N) is 1. The van der Waals surface area contributed by atoms with Crippen LogP contribution in [-0.4, -0.2) is 24.8 Å². The van der Waals surface area contributed by atoms with Crippen LogP contribution in [0.15, 0.2) is 42.5 Å². The van der Waals surface area contributed by atoms with Gasteiger partial charge in [-0.3, -0.25) is 9.59 Å². The maximum Gasteiger partial charge on any atom is 0.227 e. The Hall–Kier alpha value is -2.17. The van der Waals surface area contributed by atoms with Crippen molar-refractivity contribution >= 4 is 29.8 Å². The first kappa shape index (κ1) is 19.6. The van der Waals surface area contributed by atoms with Crippen molar-refractivity contribution in [2.24, 2.45) is 0 Å². The third kappa shape index (κ3) is 4.23. The average Bonchev–Trinajstić information content (AvgIpc) is 3.10. The second-order valence-electron chi connectivity index (χ2n) is 7.13. The Bertz CT molecular complexity index is 836. The van der Waals surface area contributed by atoms with E-state index in [0.717, 1.165) is 50.1 Å². The average molecular weight is 385 g/mol. The normalized spacial score (nSPS) is 14.7. The predicted octanol–water partition coefficient (Wildman–Crippen LogP) is 3.70. The molecule has 2 aliphatic rings. The fourth-order valence-corrected chi connectivity index (χ4v) is 3.97. The van der Waals surface area contributed by atoms with Crippen molar-refractivity contribution in [2.75, 3.05) is 18.0 Å². The molecule has 4 nitrogen and oxygen atoms in total. The molecule has 0 spiro atoms. The van der Waals surface area contributed by atoms with E-state index < -0.39 is 0 Å². The fourth-order valence-electron chi connectivity index (χ4n) is 3.97. The number of Topliss-reactive ketones (excluding diaryl/α,β-unsaturated/α-hetero) is 1. The van der Waals surface area contributed by atoms with Crippen LogP contribution in [0.4, 0.5) is 5.69 Å². The van der Waals surface area contributed by atoms with E-state index in [-0.39, 0.29) is 24.1 Å². The molecule has 142 valence electrons. The highest BCUT2D eigenvalue weighted by atomic mass is 35.5. The summed E-state index contributed by atoms with van der Waals surface area (Å²) >= 11 is 0. The zero-order valence-corrected chi connectivity index (χ0v) is 16.2. The number of amides is 1. The summed E-state index contributed by atoms with van der Waals surface area (Å²) in [4.78, 5) is 26.5. The van der Waals surface area contributed by atoms with Crippen molar-refractivity contribution in [3.63, 3.8) is 0 Å². The van der Waals surface area contributed by atoms with E-state index in [1.54, 1.807) is 0 Å². The number of hydrogen-bond acceptors (Lipinski definition) is 3.